The predicted octanol–water partition coefficient (Wildman–Crippen LogP) is 14.3. The van der Waals surface area contributed by atoms with Crippen molar-refractivity contribution in [1.29, 1.82) is 0 Å². The van der Waals surface area contributed by atoms with Gasteiger partial charge in [-0.1, -0.05) is 146 Å². The molecule has 5 heteroatoms. The molecule has 0 amide bonds. The molecule has 56 heavy (non-hydrogen) atoms. The second-order valence-corrected chi connectivity index (χ2v) is 15.4. The molecule has 12 rings (SSSR count). The van der Waals surface area contributed by atoms with Crippen molar-refractivity contribution in [2.24, 2.45) is 0 Å². The monoisotopic (exact) mass is 731 g/mol. The van der Waals surface area contributed by atoms with Crippen molar-refractivity contribution in [1.82, 2.24) is 15.0 Å². The average molecular weight is 732 g/mol. The van der Waals surface area contributed by atoms with Gasteiger partial charge in [-0.2, -0.15) is 0 Å². The smallest absolute Gasteiger partial charge is 0.164 e. The molecule has 0 aliphatic rings. The zero-order chi connectivity index (χ0) is 36.7. The Morgan fingerprint density at radius 3 is 1.88 bits per heavy atom. The molecule has 0 aliphatic carbocycles. The Labute approximate surface area is 325 Å². The molecular formula is C51H29N3OS. The molecule has 0 aliphatic heterocycles. The van der Waals surface area contributed by atoms with Crippen molar-refractivity contribution in [3.8, 4) is 45.3 Å². The van der Waals surface area contributed by atoms with Crippen LogP contribution in [0.4, 0.5) is 0 Å². The molecule has 4 nitrogen and oxygen atoms in total. The summed E-state index contributed by atoms with van der Waals surface area (Å²) in [5.41, 5.74) is 6.63. The lowest BCUT2D eigenvalue weighted by Gasteiger charge is -2.13. The molecule has 0 unspecified atom stereocenters. The van der Waals surface area contributed by atoms with Crippen molar-refractivity contribution in [3.63, 3.8) is 0 Å². The summed E-state index contributed by atoms with van der Waals surface area (Å²) >= 11 is 1.88. The number of benzene rings is 9. The maximum Gasteiger partial charge on any atom is 0.164 e. The van der Waals surface area contributed by atoms with Crippen LogP contribution < -0.4 is 0 Å². The average Bonchev–Trinajstić information content (AvgIpc) is 3.86. The van der Waals surface area contributed by atoms with E-state index in [1.54, 1.807) is 0 Å². The van der Waals surface area contributed by atoms with Gasteiger partial charge in [0.2, 0.25) is 0 Å². The fourth-order valence-corrected chi connectivity index (χ4v) is 9.81. The van der Waals surface area contributed by atoms with Gasteiger partial charge in [0.05, 0.1) is 0 Å². The number of aromatic nitrogens is 3. The largest absolute Gasteiger partial charge is 0.456 e. The molecule has 0 atom stereocenters. The first-order chi connectivity index (χ1) is 27.7. The normalized spacial score (nSPS) is 11.9. The van der Waals surface area contributed by atoms with Crippen LogP contribution in [0.3, 0.4) is 0 Å². The molecule has 3 heterocycles. The van der Waals surface area contributed by atoms with E-state index in [0.29, 0.717) is 17.5 Å². The van der Waals surface area contributed by atoms with Gasteiger partial charge in [0.1, 0.15) is 11.2 Å². The van der Waals surface area contributed by atoms with Gasteiger partial charge >= 0.3 is 0 Å². The highest BCUT2D eigenvalue weighted by molar-refractivity contribution is 7.27. The van der Waals surface area contributed by atoms with Crippen LogP contribution in [0.2, 0.25) is 0 Å². The van der Waals surface area contributed by atoms with Crippen LogP contribution in [0, 0.1) is 0 Å². The number of rotatable bonds is 4. The van der Waals surface area contributed by atoms with E-state index >= 15 is 0 Å². The van der Waals surface area contributed by atoms with Crippen LogP contribution in [0.25, 0.3) is 120 Å². The molecule has 12 aromatic rings. The number of nitrogens with zero attached hydrogens (tertiary/aromatic N) is 3. The Balaban J connectivity index is 1.10. The van der Waals surface area contributed by atoms with Gasteiger partial charge in [-0.05, 0) is 68.4 Å². The van der Waals surface area contributed by atoms with Crippen molar-refractivity contribution >= 4 is 85.8 Å². The minimum atomic E-state index is 0.601. The third-order valence-electron chi connectivity index (χ3n) is 11.1. The molecule has 0 saturated carbocycles. The lowest BCUT2D eigenvalue weighted by Crippen LogP contribution is -2.00. The molecule has 9 aromatic carbocycles. The van der Waals surface area contributed by atoms with Crippen molar-refractivity contribution in [3.05, 3.63) is 176 Å². The van der Waals surface area contributed by atoms with Gasteiger partial charge in [-0.25, -0.2) is 15.0 Å². The highest BCUT2D eigenvalue weighted by Crippen LogP contribution is 2.46. The Morgan fingerprint density at radius 1 is 0.357 bits per heavy atom. The summed E-state index contributed by atoms with van der Waals surface area (Å²) in [6.45, 7) is 0. The van der Waals surface area contributed by atoms with E-state index in [4.69, 9.17) is 19.4 Å². The van der Waals surface area contributed by atoms with E-state index < -0.39 is 0 Å². The second kappa shape index (κ2) is 12.2. The second-order valence-electron chi connectivity index (χ2n) is 14.3. The summed E-state index contributed by atoms with van der Waals surface area (Å²) < 4.78 is 8.95. The Kier molecular flexibility index (Phi) is 6.76. The Bertz CT molecular complexity index is 3550. The van der Waals surface area contributed by atoms with E-state index in [1.807, 2.05) is 47.7 Å². The molecule has 0 bridgehead atoms. The summed E-state index contributed by atoms with van der Waals surface area (Å²) in [5, 5.41) is 12.1. The summed E-state index contributed by atoms with van der Waals surface area (Å²) in [6.07, 6.45) is 0. The number of hydrogen-bond donors (Lipinski definition) is 0. The number of thiophene rings is 1. The fraction of sp³-hybridized carbons (Fsp3) is 0. The lowest BCUT2D eigenvalue weighted by molar-refractivity contribution is 0.669. The van der Waals surface area contributed by atoms with Crippen LogP contribution in [0.1, 0.15) is 0 Å². The maximum atomic E-state index is 6.30. The zero-order valence-corrected chi connectivity index (χ0v) is 30.7. The van der Waals surface area contributed by atoms with Gasteiger partial charge in [0, 0.05) is 53.0 Å². The van der Waals surface area contributed by atoms with Gasteiger partial charge in [0.15, 0.2) is 17.5 Å². The highest BCUT2D eigenvalue weighted by Gasteiger charge is 2.20. The first-order valence-electron chi connectivity index (χ1n) is 18.8. The van der Waals surface area contributed by atoms with Gasteiger partial charge < -0.3 is 4.42 Å². The molecule has 0 radical (unpaired) electrons. The molecule has 3 aromatic heterocycles. The predicted molar refractivity (Wildman–Crippen MR) is 234 cm³/mol. The minimum Gasteiger partial charge on any atom is -0.456 e. The standard InChI is InChI=1S/C51H29N3OS/c1-2-12-30(13-3-1)31-14-10-15-33(28-31)49-52-50(54-51(53-49)41-20-11-22-43-46(41)38-18-6-8-21-42(38)55-43)34-25-26-35-32(29-34)24-27-40-45(35)36-16-4-5-17-37(36)48-47(40)39-19-7-9-23-44(39)56-48/h1-29H. The van der Waals surface area contributed by atoms with Crippen molar-refractivity contribution in [2.45, 2.75) is 0 Å². The molecule has 0 N–H and O–H groups in total. The van der Waals surface area contributed by atoms with E-state index in [-0.39, 0.29) is 0 Å². The minimum absolute atomic E-state index is 0.601. The van der Waals surface area contributed by atoms with Crippen LogP contribution in [-0.2, 0) is 0 Å². The van der Waals surface area contributed by atoms with Crippen LogP contribution in [0.15, 0.2) is 180 Å². The van der Waals surface area contributed by atoms with Gasteiger partial charge in [-0.15, -0.1) is 11.3 Å². The van der Waals surface area contributed by atoms with Crippen molar-refractivity contribution < 1.29 is 4.42 Å². The van der Waals surface area contributed by atoms with Crippen molar-refractivity contribution in [2.75, 3.05) is 0 Å². The van der Waals surface area contributed by atoms with E-state index in [9.17, 15) is 0 Å². The van der Waals surface area contributed by atoms with Gasteiger partial charge in [0.25, 0.3) is 0 Å². The SMILES string of the molecule is c1ccc(-c2cccc(-c3nc(-c4ccc5c(ccc6c5c5ccccc5c5sc7ccccc7c65)c4)nc(-c4cccc5oc6ccccc6c45)n3)c2)cc1. The highest BCUT2D eigenvalue weighted by atomic mass is 32.1. The van der Waals surface area contributed by atoms with E-state index in [0.717, 1.165) is 55.1 Å². The third kappa shape index (κ3) is 4.75. The molecule has 0 spiro atoms. The molecular weight excluding hydrogens is 703 g/mol. The molecule has 0 fully saturated rings. The molecule has 0 saturated heterocycles. The Morgan fingerprint density at radius 2 is 1.00 bits per heavy atom. The first kappa shape index (κ1) is 31.2. The maximum absolute atomic E-state index is 6.30. The lowest BCUT2D eigenvalue weighted by atomic mass is 9.92. The first-order valence-corrected chi connectivity index (χ1v) is 19.6. The van der Waals surface area contributed by atoms with Gasteiger partial charge in [-0.3, -0.25) is 0 Å². The Hall–Kier alpha value is -7.21. The summed E-state index contributed by atoms with van der Waals surface area (Å²) in [4.78, 5) is 15.6. The third-order valence-corrected chi connectivity index (χ3v) is 12.3. The molecule has 260 valence electrons. The summed E-state index contributed by atoms with van der Waals surface area (Å²) in [7, 11) is 0. The van der Waals surface area contributed by atoms with Crippen LogP contribution in [-0.4, -0.2) is 15.0 Å². The van der Waals surface area contributed by atoms with E-state index in [2.05, 4.69) is 140 Å². The van der Waals surface area contributed by atoms with E-state index in [1.165, 1.54) is 47.1 Å². The van der Waals surface area contributed by atoms with Crippen LogP contribution in [0.5, 0.6) is 0 Å². The number of furan rings is 1. The zero-order valence-electron chi connectivity index (χ0n) is 29.9. The summed E-state index contributed by atoms with van der Waals surface area (Å²) in [6, 6.07) is 61.9. The number of para-hydroxylation sites is 1. The number of fused-ring (bicyclic) bond motifs is 13. The quantitative estimate of drug-likeness (QED) is 0.169. The topological polar surface area (TPSA) is 51.8 Å². The fourth-order valence-electron chi connectivity index (χ4n) is 8.55. The summed E-state index contributed by atoms with van der Waals surface area (Å²) in [5.74, 6) is 1.83. The van der Waals surface area contributed by atoms with Crippen LogP contribution >= 0.6 is 11.3 Å². The number of hydrogen-bond acceptors (Lipinski definition) is 5.